The van der Waals surface area contributed by atoms with E-state index in [0.29, 0.717) is 32.5 Å². The molecule has 2 amide bonds. The Morgan fingerprint density at radius 2 is 2.03 bits per heavy atom. The van der Waals surface area contributed by atoms with E-state index in [4.69, 9.17) is 9.72 Å². The highest BCUT2D eigenvalue weighted by Gasteiger charge is 2.20. The summed E-state index contributed by atoms with van der Waals surface area (Å²) < 4.78 is 8.47. The number of ether oxygens (including phenoxy) is 1. The monoisotopic (exact) mass is 496 g/mol. The molecule has 3 heterocycles. The minimum atomic E-state index is -0.479. The number of methoxy groups -OCH3 is 1. The molecule has 34 heavy (non-hydrogen) atoms. The number of hydrogen-bond donors (Lipinski definition) is 1. The predicted octanol–water partition coefficient (Wildman–Crippen LogP) is 3.71. The van der Waals surface area contributed by atoms with Gasteiger partial charge in [-0.05, 0) is 43.2 Å². The van der Waals surface area contributed by atoms with Gasteiger partial charge >= 0.3 is 0 Å². The Hall–Kier alpha value is -3.37. The van der Waals surface area contributed by atoms with Gasteiger partial charge < -0.3 is 9.30 Å². The number of nitrogens with one attached hydrogen (secondary N) is 1. The maximum atomic E-state index is 13.6. The van der Waals surface area contributed by atoms with Crippen LogP contribution in [0.2, 0.25) is 0 Å². The van der Waals surface area contributed by atoms with Crippen molar-refractivity contribution in [1.82, 2.24) is 19.4 Å². The van der Waals surface area contributed by atoms with E-state index >= 15 is 0 Å². The molecule has 0 aliphatic rings. The first kappa shape index (κ1) is 23.8. The topological polar surface area (TPSA) is 95.2 Å². The van der Waals surface area contributed by atoms with Gasteiger partial charge in [-0.2, -0.15) is 0 Å². The van der Waals surface area contributed by atoms with Crippen molar-refractivity contribution in [3.05, 3.63) is 69.1 Å². The summed E-state index contributed by atoms with van der Waals surface area (Å²) in [5, 5.41) is 3.35. The lowest BCUT2D eigenvalue weighted by Gasteiger charge is -2.13. The third-order valence-electron chi connectivity index (χ3n) is 5.43. The lowest BCUT2D eigenvalue weighted by atomic mass is 10.2. The molecule has 8 nitrogen and oxygen atoms in total. The normalized spacial score (nSPS) is 11.1. The van der Waals surface area contributed by atoms with Crippen LogP contribution in [0.3, 0.4) is 0 Å². The van der Waals surface area contributed by atoms with Gasteiger partial charge in [-0.15, -0.1) is 11.3 Å². The van der Waals surface area contributed by atoms with Crippen LogP contribution in [0.4, 0.5) is 0 Å². The van der Waals surface area contributed by atoms with Crippen LogP contribution in [0.25, 0.3) is 15.9 Å². The Labute approximate surface area is 204 Å². The average Bonchev–Trinajstić information content (AvgIpc) is 3.40. The molecular formula is C24H24N4O4S2. The first-order valence-electron chi connectivity index (χ1n) is 10.6. The largest absolute Gasteiger partial charge is 0.497 e. The standard InChI is InChI=1S/C24H24N4O4S2/c1-5-18-14(2)20-22(34-18)26-24(28(23(20)31)15-8-6-9-16(12-15)32-4)33-13-19(29)25-21(30)17-10-7-11-27(17)3/h6-12H,5,13H2,1-4H3,(H,25,29,30). The van der Waals surface area contributed by atoms with Crippen LogP contribution in [0.1, 0.15) is 27.9 Å². The van der Waals surface area contributed by atoms with Crippen molar-refractivity contribution in [2.24, 2.45) is 7.05 Å². The molecule has 4 rings (SSSR count). The van der Waals surface area contributed by atoms with Crippen molar-refractivity contribution in [2.75, 3.05) is 12.9 Å². The zero-order chi connectivity index (χ0) is 24.4. The molecule has 3 aromatic heterocycles. The van der Waals surface area contributed by atoms with Crippen molar-refractivity contribution in [3.8, 4) is 11.4 Å². The Balaban J connectivity index is 1.70. The molecule has 0 radical (unpaired) electrons. The van der Waals surface area contributed by atoms with Crippen molar-refractivity contribution < 1.29 is 14.3 Å². The van der Waals surface area contributed by atoms with Crippen molar-refractivity contribution >= 4 is 45.1 Å². The van der Waals surface area contributed by atoms with Crippen molar-refractivity contribution in [1.29, 1.82) is 0 Å². The fourth-order valence-electron chi connectivity index (χ4n) is 3.68. The van der Waals surface area contributed by atoms with Gasteiger partial charge in [0.05, 0.1) is 23.9 Å². The number of carbonyl (C=O) groups excluding carboxylic acids is 2. The fraction of sp³-hybridized carbons (Fsp3) is 0.250. The third kappa shape index (κ3) is 4.51. The van der Waals surface area contributed by atoms with Crippen LogP contribution in [-0.4, -0.2) is 38.8 Å². The van der Waals surface area contributed by atoms with Gasteiger partial charge in [-0.1, -0.05) is 24.8 Å². The summed E-state index contributed by atoms with van der Waals surface area (Å²) in [4.78, 5) is 45.0. The molecule has 1 N–H and O–H groups in total. The molecule has 0 atom stereocenters. The number of rotatable bonds is 7. The highest BCUT2D eigenvalue weighted by Crippen LogP contribution is 2.31. The zero-order valence-electron chi connectivity index (χ0n) is 19.2. The van der Waals surface area contributed by atoms with Crippen LogP contribution in [0, 0.1) is 6.92 Å². The van der Waals surface area contributed by atoms with E-state index in [1.165, 1.54) is 15.9 Å². The summed E-state index contributed by atoms with van der Waals surface area (Å²) in [6, 6.07) is 10.5. The summed E-state index contributed by atoms with van der Waals surface area (Å²) >= 11 is 2.59. The molecule has 0 unspecified atom stereocenters. The van der Waals surface area contributed by atoms with E-state index in [0.717, 1.165) is 28.6 Å². The maximum absolute atomic E-state index is 13.6. The number of nitrogens with zero attached hydrogens (tertiary/aromatic N) is 3. The first-order valence-corrected chi connectivity index (χ1v) is 12.4. The SMILES string of the molecule is CCc1sc2nc(SCC(=O)NC(=O)c3cccn3C)n(-c3cccc(OC)c3)c(=O)c2c1C. The molecule has 0 saturated carbocycles. The van der Waals surface area contributed by atoms with Crippen LogP contribution in [0.15, 0.2) is 52.5 Å². The molecule has 0 bridgehead atoms. The molecule has 0 aliphatic heterocycles. The first-order chi connectivity index (χ1) is 16.3. The van der Waals surface area contributed by atoms with Crippen molar-refractivity contribution in [2.45, 2.75) is 25.4 Å². The number of imide groups is 1. The number of benzene rings is 1. The lowest BCUT2D eigenvalue weighted by Crippen LogP contribution is -2.33. The number of fused-ring (bicyclic) bond motifs is 1. The smallest absolute Gasteiger partial charge is 0.274 e. The summed E-state index contributed by atoms with van der Waals surface area (Å²) in [5.74, 6) is -0.432. The van der Waals surface area contributed by atoms with Gasteiger partial charge in [0, 0.05) is 24.2 Å². The maximum Gasteiger partial charge on any atom is 0.274 e. The van der Waals surface area contributed by atoms with Crippen LogP contribution in [-0.2, 0) is 18.3 Å². The zero-order valence-corrected chi connectivity index (χ0v) is 20.9. The second-order valence-corrected chi connectivity index (χ2v) is 9.62. The summed E-state index contributed by atoms with van der Waals surface area (Å²) in [6.45, 7) is 3.98. The minimum Gasteiger partial charge on any atom is -0.497 e. The number of thioether (sulfide) groups is 1. The van der Waals surface area contributed by atoms with Crippen molar-refractivity contribution in [3.63, 3.8) is 0 Å². The van der Waals surface area contributed by atoms with Gasteiger partial charge in [0.25, 0.3) is 11.5 Å². The number of aromatic nitrogens is 3. The molecular weight excluding hydrogens is 472 g/mol. The predicted molar refractivity (Wildman–Crippen MR) is 134 cm³/mol. The van der Waals surface area contributed by atoms with E-state index in [2.05, 4.69) is 5.32 Å². The van der Waals surface area contributed by atoms with E-state index in [1.807, 2.05) is 13.8 Å². The van der Waals surface area contributed by atoms with Gasteiger partial charge in [0.1, 0.15) is 16.3 Å². The number of aryl methyl sites for hydroxylation is 3. The number of hydrogen-bond acceptors (Lipinski definition) is 7. The van der Waals surface area contributed by atoms with E-state index in [1.54, 1.807) is 61.3 Å². The van der Waals surface area contributed by atoms with E-state index < -0.39 is 11.8 Å². The molecule has 0 spiro atoms. The third-order valence-corrected chi connectivity index (χ3v) is 7.70. The second kappa shape index (κ2) is 9.86. The lowest BCUT2D eigenvalue weighted by molar-refractivity contribution is -0.117. The highest BCUT2D eigenvalue weighted by molar-refractivity contribution is 7.99. The number of carbonyl (C=O) groups is 2. The minimum absolute atomic E-state index is 0.0803. The quantitative estimate of drug-likeness (QED) is 0.310. The molecule has 0 aliphatic carbocycles. The molecule has 1 aromatic carbocycles. The fourth-order valence-corrected chi connectivity index (χ4v) is 5.65. The van der Waals surface area contributed by atoms with Crippen LogP contribution < -0.4 is 15.6 Å². The van der Waals surface area contributed by atoms with Crippen LogP contribution >= 0.6 is 23.1 Å². The molecule has 4 aromatic rings. The highest BCUT2D eigenvalue weighted by atomic mass is 32.2. The second-order valence-electron chi connectivity index (χ2n) is 7.59. The van der Waals surface area contributed by atoms with Gasteiger partial charge in [-0.25, -0.2) is 4.98 Å². The van der Waals surface area contributed by atoms with E-state index in [-0.39, 0.29) is 11.3 Å². The number of thiophene rings is 1. The molecule has 0 saturated heterocycles. The van der Waals surface area contributed by atoms with Crippen LogP contribution in [0.5, 0.6) is 5.75 Å². The molecule has 0 fully saturated rings. The Kier molecular flexibility index (Phi) is 6.90. The Morgan fingerprint density at radius 3 is 2.71 bits per heavy atom. The number of amides is 2. The Bertz CT molecular complexity index is 1450. The van der Waals surface area contributed by atoms with Gasteiger partial charge in [-0.3, -0.25) is 24.3 Å². The summed E-state index contributed by atoms with van der Waals surface area (Å²) in [6.07, 6.45) is 2.53. The van der Waals surface area contributed by atoms with Gasteiger partial charge in [0.2, 0.25) is 5.91 Å². The molecule has 10 heteroatoms. The molecule has 176 valence electrons. The summed E-state index contributed by atoms with van der Waals surface area (Å²) in [5.41, 5.74) is 1.70. The Morgan fingerprint density at radius 1 is 1.24 bits per heavy atom. The van der Waals surface area contributed by atoms with Gasteiger partial charge in [0.15, 0.2) is 5.16 Å². The summed E-state index contributed by atoms with van der Waals surface area (Å²) in [7, 11) is 3.29. The average molecular weight is 497 g/mol. The van der Waals surface area contributed by atoms with E-state index in [9.17, 15) is 14.4 Å².